The molecule has 0 saturated carbocycles. The molecule has 1 atom stereocenters. The second-order valence-corrected chi connectivity index (χ2v) is 7.25. The fourth-order valence-electron chi connectivity index (χ4n) is 2.32. The molecule has 1 unspecified atom stereocenters. The lowest BCUT2D eigenvalue weighted by Crippen LogP contribution is -2.48. The summed E-state index contributed by atoms with van der Waals surface area (Å²) in [6, 6.07) is 6.11. The van der Waals surface area contributed by atoms with Crippen LogP contribution in [0.3, 0.4) is 0 Å². The molecule has 0 aliphatic heterocycles. The van der Waals surface area contributed by atoms with E-state index < -0.39 is 23.7 Å². The highest BCUT2D eigenvalue weighted by Crippen LogP contribution is 2.09. The van der Waals surface area contributed by atoms with E-state index in [2.05, 4.69) is 15.4 Å². The quantitative estimate of drug-likeness (QED) is 0.678. The van der Waals surface area contributed by atoms with Crippen LogP contribution in [0.25, 0.3) is 0 Å². The fraction of sp³-hybridized carbons (Fsp3) is 0.550. The summed E-state index contributed by atoms with van der Waals surface area (Å²) in [6.45, 7) is 7.62. The Hall–Kier alpha value is -2.57. The molecule has 27 heavy (non-hydrogen) atoms. The molecule has 0 saturated heterocycles. The Morgan fingerprint density at radius 3 is 2.26 bits per heavy atom. The van der Waals surface area contributed by atoms with E-state index in [1.165, 1.54) is 7.11 Å². The molecule has 7 heteroatoms. The molecule has 1 aromatic rings. The first-order chi connectivity index (χ1) is 12.7. The topological polar surface area (TPSA) is 93.7 Å². The average molecular weight is 378 g/mol. The molecule has 7 nitrogen and oxygen atoms in total. The van der Waals surface area contributed by atoms with Gasteiger partial charge in [0.1, 0.15) is 11.6 Å². The largest absolute Gasteiger partial charge is 0.465 e. The highest BCUT2D eigenvalue weighted by molar-refractivity contribution is 5.89. The molecule has 0 aliphatic rings. The third-order valence-corrected chi connectivity index (χ3v) is 3.70. The second-order valence-electron chi connectivity index (χ2n) is 7.25. The predicted octanol–water partition coefficient (Wildman–Crippen LogP) is 3.17. The number of benzene rings is 1. The van der Waals surface area contributed by atoms with Gasteiger partial charge in [0, 0.05) is 6.54 Å². The number of unbranched alkanes of at least 4 members (excludes halogenated alkanes) is 1. The van der Waals surface area contributed by atoms with Gasteiger partial charge in [-0.1, -0.05) is 31.9 Å². The Morgan fingerprint density at radius 2 is 1.74 bits per heavy atom. The number of rotatable bonds is 8. The highest BCUT2D eigenvalue weighted by Gasteiger charge is 2.23. The van der Waals surface area contributed by atoms with Crippen LogP contribution in [0.15, 0.2) is 24.3 Å². The minimum Gasteiger partial charge on any atom is -0.465 e. The summed E-state index contributed by atoms with van der Waals surface area (Å²) >= 11 is 0. The number of carbonyl (C=O) groups excluding carboxylic acids is 3. The van der Waals surface area contributed by atoms with Gasteiger partial charge in [-0.2, -0.15) is 0 Å². The number of nitrogens with one attached hydrogen (secondary N) is 2. The van der Waals surface area contributed by atoms with Crippen LogP contribution < -0.4 is 10.6 Å². The molecule has 0 radical (unpaired) electrons. The lowest BCUT2D eigenvalue weighted by molar-refractivity contribution is -0.123. The normalized spacial score (nSPS) is 12.0. The van der Waals surface area contributed by atoms with Gasteiger partial charge in [0.05, 0.1) is 12.7 Å². The number of hydrogen-bond acceptors (Lipinski definition) is 5. The van der Waals surface area contributed by atoms with Crippen molar-refractivity contribution in [3.63, 3.8) is 0 Å². The average Bonchev–Trinajstić information content (AvgIpc) is 2.61. The van der Waals surface area contributed by atoms with Crippen LogP contribution >= 0.6 is 0 Å². The van der Waals surface area contributed by atoms with E-state index in [9.17, 15) is 14.4 Å². The minimum atomic E-state index is -0.658. The van der Waals surface area contributed by atoms with Crippen LogP contribution in [0.4, 0.5) is 4.79 Å². The number of carbonyl (C=O) groups is 3. The van der Waals surface area contributed by atoms with E-state index in [4.69, 9.17) is 4.74 Å². The molecule has 0 bridgehead atoms. The molecule has 1 rings (SSSR count). The summed E-state index contributed by atoms with van der Waals surface area (Å²) in [5.74, 6) is -0.682. The van der Waals surface area contributed by atoms with Crippen molar-refractivity contribution in [3.05, 3.63) is 35.4 Å². The highest BCUT2D eigenvalue weighted by atomic mass is 16.6. The molecular formula is C20H30N2O5. The molecule has 2 N–H and O–H groups in total. The molecule has 0 heterocycles. The number of esters is 1. The molecule has 1 aromatic carbocycles. The van der Waals surface area contributed by atoms with Crippen LogP contribution in [0.5, 0.6) is 0 Å². The van der Waals surface area contributed by atoms with Gasteiger partial charge in [-0.15, -0.1) is 0 Å². The molecular weight excluding hydrogens is 348 g/mol. The van der Waals surface area contributed by atoms with Gasteiger partial charge < -0.3 is 20.1 Å². The summed E-state index contributed by atoms with van der Waals surface area (Å²) < 4.78 is 9.89. The lowest BCUT2D eigenvalue weighted by atomic mass is 10.1. The van der Waals surface area contributed by atoms with Gasteiger partial charge in [-0.25, -0.2) is 9.59 Å². The van der Waals surface area contributed by atoms with Crippen molar-refractivity contribution in [3.8, 4) is 0 Å². The van der Waals surface area contributed by atoms with Gasteiger partial charge in [0.2, 0.25) is 5.91 Å². The van der Waals surface area contributed by atoms with E-state index in [0.29, 0.717) is 18.5 Å². The van der Waals surface area contributed by atoms with Crippen molar-refractivity contribution in [2.75, 3.05) is 7.11 Å². The SMILES string of the molecule is CCCCC(NC(=O)OC(C)(C)C)C(=O)NCc1ccc(C(=O)OC)cc1. The van der Waals surface area contributed by atoms with Gasteiger partial charge >= 0.3 is 12.1 Å². The minimum absolute atomic E-state index is 0.272. The van der Waals surface area contributed by atoms with Crippen LogP contribution in [0, 0.1) is 0 Å². The second kappa shape index (κ2) is 10.5. The third-order valence-electron chi connectivity index (χ3n) is 3.70. The Balaban J connectivity index is 2.64. The van der Waals surface area contributed by atoms with Gasteiger partial charge in [0.25, 0.3) is 0 Å². The zero-order valence-corrected chi connectivity index (χ0v) is 16.8. The number of methoxy groups -OCH3 is 1. The summed E-state index contributed by atoms with van der Waals surface area (Å²) in [7, 11) is 1.32. The zero-order chi connectivity index (χ0) is 20.4. The number of hydrogen-bond donors (Lipinski definition) is 2. The third kappa shape index (κ3) is 8.57. The standard InChI is InChI=1S/C20H30N2O5/c1-6-7-8-16(22-19(25)27-20(2,3)4)17(23)21-13-14-9-11-15(12-10-14)18(24)26-5/h9-12,16H,6-8,13H2,1-5H3,(H,21,23)(H,22,25). The monoisotopic (exact) mass is 378 g/mol. The Morgan fingerprint density at radius 1 is 1.11 bits per heavy atom. The Labute approximate surface area is 160 Å². The summed E-state index contributed by atoms with van der Waals surface area (Å²) in [5.41, 5.74) is 0.652. The molecule has 0 fully saturated rings. The first-order valence-electron chi connectivity index (χ1n) is 9.10. The van der Waals surface area contributed by atoms with Crippen molar-refractivity contribution in [2.45, 2.75) is 65.1 Å². The fourth-order valence-corrected chi connectivity index (χ4v) is 2.32. The van der Waals surface area contributed by atoms with Crippen molar-refractivity contribution in [2.24, 2.45) is 0 Å². The maximum Gasteiger partial charge on any atom is 0.408 e. The summed E-state index contributed by atoms with van der Waals surface area (Å²) in [6.07, 6.45) is 1.64. The van der Waals surface area contributed by atoms with Crippen LogP contribution in [-0.4, -0.2) is 36.7 Å². The molecule has 0 spiro atoms. The predicted molar refractivity (Wildman–Crippen MR) is 102 cm³/mol. The molecule has 150 valence electrons. The molecule has 0 aliphatic carbocycles. The van der Waals surface area contributed by atoms with Gasteiger partial charge in [-0.05, 0) is 44.9 Å². The number of alkyl carbamates (subject to hydrolysis) is 1. The summed E-state index contributed by atoms with van der Waals surface area (Å²) in [4.78, 5) is 35.9. The van der Waals surface area contributed by atoms with Crippen molar-refractivity contribution in [1.82, 2.24) is 10.6 Å². The smallest absolute Gasteiger partial charge is 0.408 e. The van der Waals surface area contributed by atoms with E-state index in [1.54, 1.807) is 45.0 Å². The maximum absolute atomic E-state index is 12.5. The molecule has 2 amide bonds. The van der Waals surface area contributed by atoms with Crippen molar-refractivity contribution < 1.29 is 23.9 Å². The zero-order valence-electron chi connectivity index (χ0n) is 16.8. The van der Waals surface area contributed by atoms with Crippen LogP contribution in [-0.2, 0) is 20.8 Å². The first kappa shape index (κ1) is 22.5. The van der Waals surface area contributed by atoms with E-state index in [-0.39, 0.29) is 5.91 Å². The van der Waals surface area contributed by atoms with Gasteiger partial charge in [-0.3, -0.25) is 4.79 Å². The first-order valence-corrected chi connectivity index (χ1v) is 9.10. The van der Waals surface area contributed by atoms with E-state index >= 15 is 0 Å². The Bertz CT molecular complexity index is 635. The maximum atomic E-state index is 12.5. The van der Waals surface area contributed by atoms with Gasteiger partial charge in [0.15, 0.2) is 0 Å². The van der Waals surface area contributed by atoms with Crippen LogP contribution in [0.1, 0.15) is 62.9 Å². The number of amides is 2. The lowest BCUT2D eigenvalue weighted by Gasteiger charge is -2.23. The van der Waals surface area contributed by atoms with Crippen LogP contribution in [0.2, 0.25) is 0 Å². The molecule has 0 aromatic heterocycles. The summed E-state index contributed by atoms with van der Waals surface area (Å²) in [5, 5.41) is 5.46. The van der Waals surface area contributed by atoms with Crippen molar-refractivity contribution in [1.29, 1.82) is 0 Å². The van der Waals surface area contributed by atoms with Crippen molar-refractivity contribution >= 4 is 18.0 Å². The van der Waals surface area contributed by atoms with E-state index in [0.717, 1.165) is 18.4 Å². The Kier molecular flexibility index (Phi) is 8.78. The van der Waals surface area contributed by atoms with E-state index in [1.807, 2.05) is 6.92 Å². The number of ether oxygens (including phenoxy) is 2.